The van der Waals surface area contributed by atoms with E-state index in [4.69, 9.17) is 14.5 Å². The zero-order valence-electron chi connectivity index (χ0n) is 24.6. The Hall–Kier alpha value is -4.63. The van der Waals surface area contributed by atoms with E-state index in [1.807, 2.05) is 59.5 Å². The van der Waals surface area contributed by atoms with Gasteiger partial charge in [-0.05, 0) is 98.9 Å². The van der Waals surface area contributed by atoms with Crippen molar-refractivity contribution in [3.63, 3.8) is 0 Å². The molecule has 0 unspecified atom stereocenters. The first-order valence-electron chi connectivity index (χ1n) is 15.2. The lowest BCUT2D eigenvalue weighted by Crippen LogP contribution is -2.46. The van der Waals surface area contributed by atoms with Gasteiger partial charge in [0.1, 0.15) is 5.82 Å². The maximum absolute atomic E-state index is 14.5. The molecule has 7 rings (SSSR count). The second-order valence-electron chi connectivity index (χ2n) is 11.3. The number of nitrogens with zero attached hydrogens (tertiary/aromatic N) is 4. The molecular weight excluding hydrogens is 540 g/mol. The fourth-order valence-corrected chi connectivity index (χ4v) is 6.32. The number of hydrogen-bond acceptors (Lipinski definition) is 7. The van der Waals surface area contributed by atoms with Crippen LogP contribution >= 0.6 is 0 Å². The number of ether oxygens (including phenoxy) is 2. The maximum atomic E-state index is 14.5. The Morgan fingerprint density at radius 2 is 1.81 bits per heavy atom. The Morgan fingerprint density at radius 1 is 1.00 bits per heavy atom. The van der Waals surface area contributed by atoms with Crippen molar-refractivity contribution in [1.29, 1.82) is 0 Å². The smallest absolute Gasteiger partial charge is 0.254 e. The van der Waals surface area contributed by atoms with Gasteiger partial charge in [-0.15, -0.1) is 0 Å². The van der Waals surface area contributed by atoms with Crippen LogP contribution in [0.4, 0.5) is 11.5 Å². The lowest BCUT2D eigenvalue weighted by molar-refractivity contribution is 0.0646. The monoisotopic (exact) mass is 576 g/mol. The van der Waals surface area contributed by atoms with Crippen LogP contribution in [-0.4, -0.2) is 69.9 Å². The van der Waals surface area contributed by atoms with E-state index in [2.05, 4.69) is 40.3 Å². The minimum Gasteiger partial charge on any atom is -0.454 e. The molecule has 2 aliphatic rings. The number of carbonyl (C=O) groups is 1. The zero-order chi connectivity index (χ0) is 29.3. The van der Waals surface area contributed by atoms with Gasteiger partial charge in [0.15, 0.2) is 11.5 Å². The van der Waals surface area contributed by atoms with Crippen molar-refractivity contribution in [2.75, 3.05) is 38.3 Å². The number of amides is 1. The molecule has 3 aromatic carbocycles. The average Bonchev–Trinajstić information content (AvgIpc) is 3.82. The normalized spacial score (nSPS) is 15.3. The Labute approximate surface area is 250 Å². The molecule has 4 heterocycles. The van der Waals surface area contributed by atoms with Gasteiger partial charge in [-0.25, -0.2) is 4.98 Å². The molecule has 2 N–H and O–H groups in total. The molecule has 220 valence electrons. The van der Waals surface area contributed by atoms with E-state index in [0.29, 0.717) is 17.9 Å². The van der Waals surface area contributed by atoms with Crippen molar-refractivity contribution in [3.8, 4) is 22.6 Å². The first kappa shape index (κ1) is 27.2. The molecule has 1 fully saturated rings. The number of nitrogens with one attached hydrogen (secondary N) is 2. The Kier molecular flexibility index (Phi) is 7.32. The number of anilines is 2. The van der Waals surface area contributed by atoms with E-state index in [-0.39, 0.29) is 18.7 Å². The van der Waals surface area contributed by atoms with Gasteiger partial charge in [0, 0.05) is 35.6 Å². The molecule has 1 saturated heterocycles. The van der Waals surface area contributed by atoms with Crippen molar-refractivity contribution in [2.45, 2.75) is 39.2 Å². The summed E-state index contributed by atoms with van der Waals surface area (Å²) in [5.74, 6) is 2.11. The van der Waals surface area contributed by atoms with Gasteiger partial charge in [0.25, 0.3) is 5.91 Å². The summed E-state index contributed by atoms with van der Waals surface area (Å²) in [4.78, 5) is 24.0. The van der Waals surface area contributed by atoms with Crippen LogP contribution in [0, 0.1) is 0 Å². The number of hydrogen-bond donors (Lipinski definition) is 2. The van der Waals surface area contributed by atoms with Crippen LogP contribution in [-0.2, 0) is 0 Å². The van der Waals surface area contributed by atoms with Crippen molar-refractivity contribution < 1.29 is 14.3 Å². The number of likely N-dealkylation sites (N-methyl/N-ethyl adjacent to an activating group) is 1. The Morgan fingerprint density at radius 3 is 2.65 bits per heavy atom. The number of aromatic nitrogens is 3. The maximum Gasteiger partial charge on any atom is 0.254 e. The molecular formula is C34H36N6O3. The highest BCUT2D eigenvalue weighted by Crippen LogP contribution is 2.37. The van der Waals surface area contributed by atoms with Crippen molar-refractivity contribution in [2.24, 2.45) is 0 Å². The molecule has 1 atom stereocenters. The number of fused-ring (bicyclic) bond motifs is 3. The zero-order valence-corrected chi connectivity index (χ0v) is 24.6. The molecule has 0 spiro atoms. The summed E-state index contributed by atoms with van der Waals surface area (Å²) in [6.45, 7) is 8.22. The Bertz CT molecular complexity index is 1790. The summed E-state index contributed by atoms with van der Waals surface area (Å²) in [5, 5.41) is 12.4. The number of likely N-dealkylation sites (tertiary alicyclic amines) is 1. The lowest BCUT2D eigenvalue weighted by Gasteiger charge is -2.33. The third-order valence-electron chi connectivity index (χ3n) is 8.64. The van der Waals surface area contributed by atoms with E-state index in [9.17, 15) is 4.79 Å². The van der Waals surface area contributed by atoms with Crippen molar-refractivity contribution in [1.82, 2.24) is 25.0 Å². The highest BCUT2D eigenvalue weighted by atomic mass is 16.7. The predicted molar refractivity (Wildman–Crippen MR) is 169 cm³/mol. The lowest BCUT2D eigenvalue weighted by atomic mass is 9.99. The van der Waals surface area contributed by atoms with Gasteiger partial charge in [-0.1, -0.05) is 19.1 Å². The molecule has 9 nitrogen and oxygen atoms in total. The number of rotatable bonds is 9. The first-order valence-corrected chi connectivity index (χ1v) is 15.2. The second kappa shape index (κ2) is 11.6. The average molecular weight is 577 g/mol. The number of aromatic amines is 1. The predicted octanol–water partition coefficient (Wildman–Crippen LogP) is 6.59. The van der Waals surface area contributed by atoms with Gasteiger partial charge in [0.05, 0.1) is 22.8 Å². The first-order chi connectivity index (χ1) is 21.1. The number of pyridine rings is 1. The minimum atomic E-state index is 0.0239. The second-order valence-corrected chi connectivity index (χ2v) is 11.3. The summed E-state index contributed by atoms with van der Waals surface area (Å²) in [7, 11) is 0. The van der Waals surface area contributed by atoms with Crippen LogP contribution < -0.4 is 14.8 Å². The van der Waals surface area contributed by atoms with Gasteiger partial charge < -0.3 is 24.6 Å². The highest BCUT2D eigenvalue weighted by Gasteiger charge is 2.27. The number of H-pyrrole nitrogens is 1. The fraction of sp³-hybridized carbons (Fsp3) is 0.324. The van der Waals surface area contributed by atoms with Gasteiger partial charge in [-0.3, -0.25) is 9.89 Å². The summed E-state index contributed by atoms with van der Waals surface area (Å²) in [6, 6.07) is 20.1. The van der Waals surface area contributed by atoms with Crippen LogP contribution in [0.5, 0.6) is 11.5 Å². The van der Waals surface area contributed by atoms with Gasteiger partial charge in [0.2, 0.25) is 6.79 Å². The third-order valence-corrected chi connectivity index (χ3v) is 8.64. The van der Waals surface area contributed by atoms with Crippen molar-refractivity contribution in [3.05, 3.63) is 72.4 Å². The largest absolute Gasteiger partial charge is 0.454 e. The molecule has 9 heteroatoms. The summed E-state index contributed by atoms with van der Waals surface area (Å²) < 4.78 is 11.1. The fourth-order valence-electron chi connectivity index (χ4n) is 6.32. The minimum absolute atomic E-state index is 0.0239. The summed E-state index contributed by atoms with van der Waals surface area (Å²) >= 11 is 0. The van der Waals surface area contributed by atoms with Crippen LogP contribution in [0.25, 0.3) is 32.9 Å². The standard InChI is InChI=1S/C34H36N6O3/c1-3-26(20-39-13-5-6-14-39)40(4-2)34(41)28-18-33(36-25-10-7-24-19-35-38-30(24)17-25)37-29-11-8-22(15-27(28)29)23-9-12-31-32(16-23)43-21-42-31/h7-12,15-19,26H,3-6,13-14,20-21H2,1-2H3,(H,35,38)(H,36,37)/t26-/m0/s1. The molecule has 43 heavy (non-hydrogen) atoms. The van der Waals surface area contributed by atoms with E-state index in [1.54, 1.807) is 6.20 Å². The number of carbonyl (C=O) groups excluding carboxylic acids is 1. The van der Waals surface area contributed by atoms with E-state index in [1.165, 1.54) is 12.8 Å². The molecule has 2 aliphatic heterocycles. The molecule has 0 bridgehead atoms. The van der Waals surface area contributed by atoms with Crippen LogP contribution in [0.15, 0.2) is 66.9 Å². The number of benzene rings is 3. The van der Waals surface area contributed by atoms with E-state index >= 15 is 0 Å². The van der Waals surface area contributed by atoms with Gasteiger partial charge >= 0.3 is 0 Å². The Balaban J connectivity index is 1.30. The molecule has 0 radical (unpaired) electrons. The molecule has 5 aromatic rings. The van der Waals surface area contributed by atoms with Crippen LogP contribution in [0.3, 0.4) is 0 Å². The molecule has 1 amide bonds. The van der Waals surface area contributed by atoms with Crippen molar-refractivity contribution >= 4 is 39.2 Å². The summed E-state index contributed by atoms with van der Waals surface area (Å²) in [5.41, 5.74) is 5.17. The topological polar surface area (TPSA) is 95.6 Å². The molecule has 0 aliphatic carbocycles. The molecule has 2 aromatic heterocycles. The van der Waals surface area contributed by atoms with E-state index < -0.39 is 0 Å². The van der Waals surface area contributed by atoms with Gasteiger partial charge in [-0.2, -0.15) is 5.10 Å². The van der Waals surface area contributed by atoms with E-state index in [0.717, 1.165) is 76.2 Å². The third kappa shape index (κ3) is 5.36. The molecule has 0 saturated carbocycles. The van der Waals surface area contributed by atoms with Crippen LogP contribution in [0.2, 0.25) is 0 Å². The highest BCUT2D eigenvalue weighted by molar-refractivity contribution is 6.08. The quantitative estimate of drug-likeness (QED) is 0.204. The van der Waals surface area contributed by atoms with Crippen LogP contribution in [0.1, 0.15) is 43.5 Å². The SMILES string of the molecule is CC[C@@H](CN1CCCC1)N(CC)C(=O)c1cc(Nc2ccc3cn[nH]c3c2)nc2ccc(-c3ccc4c(c3)OCO4)cc12. The summed E-state index contributed by atoms with van der Waals surface area (Å²) in [6.07, 6.45) is 5.16.